The monoisotopic (exact) mass is 422 g/mol. The van der Waals surface area contributed by atoms with Crippen molar-refractivity contribution < 1.29 is 14.7 Å². The number of aromatic nitrogens is 4. The molecule has 0 aromatic carbocycles. The van der Waals surface area contributed by atoms with Crippen LogP contribution in [0.5, 0.6) is 0 Å². The molecular formula is C22H26N6O3. The molecule has 162 valence electrons. The number of nitrogens with zero attached hydrogens (tertiary/aromatic N) is 4. The molecule has 1 unspecified atom stereocenters. The third kappa shape index (κ3) is 2.72. The van der Waals surface area contributed by atoms with Gasteiger partial charge in [0.15, 0.2) is 5.82 Å². The maximum absolute atomic E-state index is 12.5. The van der Waals surface area contributed by atoms with Crippen molar-refractivity contribution in [2.75, 3.05) is 19.4 Å². The number of aromatic amines is 1. The highest BCUT2D eigenvalue weighted by molar-refractivity contribution is 6.40. The van der Waals surface area contributed by atoms with E-state index in [9.17, 15) is 14.7 Å². The van der Waals surface area contributed by atoms with E-state index in [-0.39, 0.29) is 6.04 Å². The van der Waals surface area contributed by atoms with Crippen LogP contribution in [0.25, 0.3) is 21.9 Å². The molecule has 9 nitrogen and oxygen atoms in total. The van der Waals surface area contributed by atoms with E-state index < -0.39 is 17.4 Å². The quantitative estimate of drug-likeness (QED) is 0.547. The van der Waals surface area contributed by atoms with Gasteiger partial charge in [-0.15, -0.1) is 0 Å². The molecule has 3 N–H and O–H groups in total. The van der Waals surface area contributed by atoms with Crippen molar-refractivity contribution in [3.05, 3.63) is 18.5 Å². The van der Waals surface area contributed by atoms with Gasteiger partial charge in [0.1, 0.15) is 5.65 Å². The Balaban J connectivity index is 1.49. The first-order chi connectivity index (χ1) is 14.8. The molecule has 0 aliphatic heterocycles. The third-order valence-electron chi connectivity index (χ3n) is 7.56. The van der Waals surface area contributed by atoms with Gasteiger partial charge in [-0.3, -0.25) is 14.3 Å². The van der Waals surface area contributed by atoms with Gasteiger partial charge in [-0.1, -0.05) is 0 Å². The molecule has 2 amide bonds. The van der Waals surface area contributed by atoms with Crippen LogP contribution in [0.3, 0.4) is 0 Å². The lowest BCUT2D eigenvalue weighted by molar-refractivity contribution is -0.148. The number of H-pyrrole nitrogens is 1. The van der Waals surface area contributed by atoms with Crippen LogP contribution in [0.1, 0.15) is 38.1 Å². The van der Waals surface area contributed by atoms with Crippen LogP contribution in [0, 0.1) is 17.8 Å². The molecule has 4 bridgehead atoms. The van der Waals surface area contributed by atoms with E-state index in [0.717, 1.165) is 54.0 Å². The van der Waals surface area contributed by atoms with E-state index in [1.807, 2.05) is 12.3 Å². The fourth-order valence-electron chi connectivity index (χ4n) is 6.65. The zero-order valence-electron chi connectivity index (χ0n) is 17.6. The predicted molar refractivity (Wildman–Crippen MR) is 114 cm³/mol. The standard InChI is InChI=1S/C22H26N6O3/c1-27(2)21(30)20(29)25-19-15-10-24-18-14(3-4-23-18)17(15)28(26-19)16-12-5-11-6-13(16)9-22(31,7-11)8-12/h3-4,10-13,16,31H,5-9H2,1-2H3,(H,23,24)(H,25,26,29)/t11?,12-,13+,16+,22-. The van der Waals surface area contributed by atoms with E-state index in [0.29, 0.717) is 23.6 Å². The number of hydrogen-bond acceptors (Lipinski definition) is 5. The number of fused-ring (bicyclic) bond motifs is 3. The van der Waals surface area contributed by atoms with Crippen molar-refractivity contribution >= 4 is 39.6 Å². The normalized spacial score (nSPS) is 31.5. The molecule has 5 atom stereocenters. The van der Waals surface area contributed by atoms with Crippen molar-refractivity contribution in [1.29, 1.82) is 0 Å². The van der Waals surface area contributed by atoms with Gasteiger partial charge < -0.3 is 20.3 Å². The van der Waals surface area contributed by atoms with Gasteiger partial charge in [0.05, 0.1) is 22.5 Å². The number of carbonyl (C=O) groups is 2. The summed E-state index contributed by atoms with van der Waals surface area (Å²) in [6.45, 7) is 0. The predicted octanol–water partition coefficient (Wildman–Crippen LogP) is 2.05. The number of anilines is 1. The summed E-state index contributed by atoms with van der Waals surface area (Å²) in [4.78, 5) is 33.5. The van der Waals surface area contributed by atoms with Gasteiger partial charge >= 0.3 is 11.8 Å². The van der Waals surface area contributed by atoms with E-state index >= 15 is 0 Å². The number of carbonyl (C=O) groups excluding carboxylic acids is 2. The minimum Gasteiger partial charge on any atom is -0.390 e. The number of amides is 2. The average Bonchev–Trinajstić information content (AvgIpc) is 3.30. The number of nitrogens with one attached hydrogen (secondary N) is 2. The summed E-state index contributed by atoms with van der Waals surface area (Å²) in [6, 6.07) is 2.14. The Morgan fingerprint density at radius 2 is 1.97 bits per heavy atom. The molecular weight excluding hydrogens is 396 g/mol. The van der Waals surface area contributed by atoms with E-state index in [1.165, 1.54) is 4.90 Å². The first-order valence-corrected chi connectivity index (χ1v) is 10.9. The van der Waals surface area contributed by atoms with Crippen molar-refractivity contribution in [3.8, 4) is 0 Å². The summed E-state index contributed by atoms with van der Waals surface area (Å²) in [6.07, 6.45) is 8.29. The minimum absolute atomic E-state index is 0.162. The lowest BCUT2D eigenvalue weighted by Gasteiger charge is -2.57. The summed E-state index contributed by atoms with van der Waals surface area (Å²) >= 11 is 0. The lowest BCUT2D eigenvalue weighted by atomic mass is 9.52. The first-order valence-electron chi connectivity index (χ1n) is 10.9. The molecule has 7 rings (SSSR count). The molecule has 0 radical (unpaired) electrons. The summed E-state index contributed by atoms with van der Waals surface area (Å²) in [5, 5.41) is 20.2. The summed E-state index contributed by atoms with van der Waals surface area (Å²) in [7, 11) is 3.09. The maximum atomic E-state index is 12.5. The molecule has 4 fully saturated rings. The topological polar surface area (TPSA) is 116 Å². The molecule has 4 aliphatic carbocycles. The van der Waals surface area contributed by atoms with Gasteiger partial charge in [0, 0.05) is 31.9 Å². The Morgan fingerprint density at radius 3 is 2.65 bits per heavy atom. The lowest BCUT2D eigenvalue weighted by Crippen LogP contribution is -2.55. The van der Waals surface area contributed by atoms with Gasteiger partial charge in [-0.2, -0.15) is 5.10 Å². The highest BCUT2D eigenvalue weighted by Gasteiger charge is 2.55. The minimum atomic E-state index is -0.717. The average molecular weight is 422 g/mol. The second-order valence-corrected chi connectivity index (χ2v) is 9.89. The molecule has 9 heteroatoms. The number of hydrogen-bond donors (Lipinski definition) is 3. The SMILES string of the molecule is CN(C)C(=O)C(=O)Nc1nn([C@H]2[C@@H]3CC4C[C@H]2C[C@@](O)(C4)C3)c2c1cnc1[nH]ccc12. The zero-order valence-corrected chi connectivity index (χ0v) is 17.6. The van der Waals surface area contributed by atoms with Crippen LogP contribution in [-0.4, -0.2) is 61.3 Å². The molecule has 4 aliphatic rings. The second-order valence-electron chi connectivity index (χ2n) is 9.89. The first kappa shape index (κ1) is 18.8. The molecule has 3 aromatic heterocycles. The van der Waals surface area contributed by atoms with Crippen LogP contribution in [0.2, 0.25) is 0 Å². The molecule has 3 aromatic rings. The molecule has 31 heavy (non-hydrogen) atoms. The van der Waals surface area contributed by atoms with Crippen molar-refractivity contribution in [3.63, 3.8) is 0 Å². The van der Waals surface area contributed by atoms with Crippen molar-refractivity contribution in [2.24, 2.45) is 17.8 Å². The fraction of sp³-hybridized carbons (Fsp3) is 0.545. The smallest absolute Gasteiger partial charge is 0.315 e. The summed E-state index contributed by atoms with van der Waals surface area (Å²) in [5.41, 5.74) is 1.15. The van der Waals surface area contributed by atoms with Gasteiger partial charge in [0.25, 0.3) is 0 Å². The fourth-order valence-corrected chi connectivity index (χ4v) is 6.65. The van der Waals surface area contributed by atoms with Crippen LogP contribution in [-0.2, 0) is 9.59 Å². The van der Waals surface area contributed by atoms with Crippen molar-refractivity contribution in [2.45, 2.75) is 43.7 Å². The second kappa shape index (κ2) is 6.29. The Morgan fingerprint density at radius 1 is 1.23 bits per heavy atom. The maximum Gasteiger partial charge on any atom is 0.315 e. The molecule has 0 spiro atoms. The Hall–Kier alpha value is -2.94. The number of rotatable bonds is 2. The van der Waals surface area contributed by atoms with Crippen LogP contribution >= 0.6 is 0 Å². The third-order valence-corrected chi connectivity index (χ3v) is 7.56. The van der Waals surface area contributed by atoms with E-state index in [1.54, 1.807) is 20.3 Å². The van der Waals surface area contributed by atoms with Crippen LogP contribution in [0.15, 0.2) is 18.5 Å². The van der Waals surface area contributed by atoms with E-state index in [2.05, 4.69) is 20.0 Å². The van der Waals surface area contributed by atoms with Gasteiger partial charge in [-0.25, -0.2) is 4.98 Å². The zero-order chi connectivity index (χ0) is 21.5. The summed E-state index contributed by atoms with van der Waals surface area (Å²) in [5.74, 6) is 0.312. The Bertz CT molecular complexity index is 1210. The number of aliphatic hydroxyl groups is 1. The van der Waals surface area contributed by atoms with E-state index in [4.69, 9.17) is 5.10 Å². The van der Waals surface area contributed by atoms with Crippen LogP contribution < -0.4 is 5.32 Å². The highest BCUT2D eigenvalue weighted by atomic mass is 16.3. The summed E-state index contributed by atoms with van der Waals surface area (Å²) < 4.78 is 2.05. The number of likely N-dealkylation sites (N-methyl/N-ethyl adjacent to an activating group) is 1. The largest absolute Gasteiger partial charge is 0.390 e. The van der Waals surface area contributed by atoms with Crippen molar-refractivity contribution in [1.82, 2.24) is 24.6 Å². The highest BCUT2D eigenvalue weighted by Crippen LogP contribution is 2.60. The Labute approximate surface area is 178 Å². The van der Waals surface area contributed by atoms with Gasteiger partial charge in [0.2, 0.25) is 0 Å². The molecule has 4 saturated carbocycles. The number of pyridine rings is 1. The Kier molecular flexibility index (Phi) is 3.81. The molecule has 3 heterocycles. The van der Waals surface area contributed by atoms with Gasteiger partial charge in [-0.05, 0) is 55.9 Å². The van der Waals surface area contributed by atoms with Crippen LogP contribution in [0.4, 0.5) is 5.82 Å². The molecule has 0 saturated heterocycles.